The molecule has 0 unspecified atom stereocenters. The Morgan fingerprint density at radius 3 is 1.29 bits per heavy atom. The molecular weight excluding hydrogens is 444 g/mol. The molecule has 0 amide bonds. The lowest BCUT2D eigenvalue weighted by atomic mass is 10.1. The van der Waals surface area contributed by atoms with E-state index in [1.54, 1.807) is 48.6 Å². The van der Waals surface area contributed by atoms with Crippen molar-refractivity contribution in [2.75, 3.05) is 55.6 Å². The Morgan fingerprint density at radius 2 is 0.941 bits per heavy atom. The van der Waals surface area contributed by atoms with Gasteiger partial charge in [0.2, 0.25) is 0 Å². The van der Waals surface area contributed by atoms with Crippen molar-refractivity contribution >= 4 is 17.9 Å². The lowest BCUT2D eigenvalue weighted by Gasteiger charge is -2.12. The Hall–Kier alpha value is -3.37. The van der Waals surface area contributed by atoms with Crippen LogP contribution in [0.2, 0.25) is 0 Å². The summed E-state index contributed by atoms with van der Waals surface area (Å²) in [5, 5.41) is 0. The Kier molecular flexibility index (Phi) is 12.2. The van der Waals surface area contributed by atoms with Crippen molar-refractivity contribution < 1.29 is 42.7 Å². The maximum absolute atomic E-state index is 12.4. The molecule has 9 heteroatoms. The Labute approximate surface area is 199 Å². The average molecular weight is 475 g/mol. The molecule has 0 saturated heterocycles. The Morgan fingerprint density at radius 1 is 0.588 bits per heavy atom. The zero-order valence-electron chi connectivity index (χ0n) is 19.8. The summed E-state index contributed by atoms with van der Waals surface area (Å²) in [5.74, 6) is 1.77. The lowest BCUT2D eigenvalue weighted by Crippen LogP contribution is -2.04. The van der Waals surface area contributed by atoms with Gasteiger partial charge in [0.05, 0.1) is 0 Å². The monoisotopic (exact) mass is 474 g/mol. The number of rotatable bonds is 16. The van der Waals surface area contributed by atoms with Crippen LogP contribution in [0.5, 0.6) is 23.0 Å². The van der Waals surface area contributed by atoms with E-state index in [4.69, 9.17) is 37.9 Å². The number of ether oxygens (including phenoxy) is 8. The molecule has 9 nitrogen and oxygen atoms in total. The molecule has 2 aromatic carbocycles. The standard InChI is InChI=1S/C25H30O9/c1-27-15-31-22-11-7-19(13-24(22)33-17-29-3)5-9-21(26)10-6-20-8-12-23(32-16-28-2)25(14-20)34-18-30-4/h5-14H,15-18H2,1-4H3. The average Bonchev–Trinajstić information content (AvgIpc) is 2.86. The minimum Gasteiger partial charge on any atom is -0.464 e. The summed E-state index contributed by atoms with van der Waals surface area (Å²) >= 11 is 0. The summed E-state index contributed by atoms with van der Waals surface area (Å²) in [6.07, 6.45) is 6.28. The SMILES string of the molecule is COCOc1ccc(C=CC(=O)C=Cc2ccc(OCOC)c(OCOC)c2)cc1OCOC. The number of ketones is 1. The first-order valence-electron chi connectivity index (χ1n) is 10.3. The largest absolute Gasteiger partial charge is 0.464 e. The van der Waals surface area contributed by atoms with E-state index in [2.05, 4.69) is 0 Å². The van der Waals surface area contributed by atoms with Crippen LogP contribution in [-0.2, 0) is 23.7 Å². The van der Waals surface area contributed by atoms with Gasteiger partial charge in [0.15, 0.2) is 56.0 Å². The summed E-state index contributed by atoms with van der Waals surface area (Å²) < 4.78 is 41.8. The van der Waals surface area contributed by atoms with Crippen molar-refractivity contribution in [3.05, 3.63) is 59.7 Å². The predicted octanol–water partition coefficient (Wildman–Crippen LogP) is 3.91. The van der Waals surface area contributed by atoms with Crippen LogP contribution in [0.15, 0.2) is 48.6 Å². The number of methoxy groups -OCH3 is 4. The van der Waals surface area contributed by atoms with Gasteiger partial charge in [-0.25, -0.2) is 0 Å². The number of carbonyl (C=O) groups is 1. The number of benzene rings is 2. The highest BCUT2D eigenvalue weighted by atomic mass is 16.7. The summed E-state index contributed by atoms with van der Waals surface area (Å²) in [4.78, 5) is 12.4. The van der Waals surface area contributed by atoms with Gasteiger partial charge in [-0.2, -0.15) is 0 Å². The highest BCUT2D eigenvalue weighted by Crippen LogP contribution is 2.30. The van der Waals surface area contributed by atoms with Crippen molar-refractivity contribution in [1.82, 2.24) is 0 Å². The van der Waals surface area contributed by atoms with Crippen LogP contribution in [0.25, 0.3) is 12.2 Å². The molecule has 34 heavy (non-hydrogen) atoms. The van der Waals surface area contributed by atoms with Crippen LogP contribution >= 0.6 is 0 Å². The molecule has 0 aromatic heterocycles. The van der Waals surface area contributed by atoms with E-state index in [1.165, 1.54) is 40.6 Å². The molecule has 0 atom stereocenters. The van der Waals surface area contributed by atoms with Crippen LogP contribution in [0.3, 0.4) is 0 Å². The molecule has 0 bridgehead atoms. The fraction of sp³-hybridized carbons (Fsp3) is 0.320. The third kappa shape index (κ3) is 9.24. The van der Waals surface area contributed by atoms with Crippen molar-refractivity contribution in [2.45, 2.75) is 0 Å². The number of hydrogen-bond acceptors (Lipinski definition) is 9. The minimum atomic E-state index is -0.196. The van der Waals surface area contributed by atoms with Gasteiger partial charge in [-0.1, -0.05) is 24.3 Å². The number of hydrogen-bond donors (Lipinski definition) is 0. The Bertz CT molecular complexity index is 878. The zero-order valence-corrected chi connectivity index (χ0v) is 19.8. The molecule has 0 aliphatic heterocycles. The topological polar surface area (TPSA) is 90.9 Å². The first kappa shape index (κ1) is 26.9. The van der Waals surface area contributed by atoms with Gasteiger partial charge in [0.1, 0.15) is 0 Å². The highest BCUT2D eigenvalue weighted by Gasteiger charge is 2.08. The first-order chi connectivity index (χ1) is 16.6. The number of allylic oxidation sites excluding steroid dienone is 2. The second kappa shape index (κ2) is 15.5. The van der Waals surface area contributed by atoms with Crippen LogP contribution in [-0.4, -0.2) is 61.4 Å². The van der Waals surface area contributed by atoms with E-state index >= 15 is 0 Å². The molecule has 0 heterocycles. The maximum Gasteiger partial charge on any atom is 0.188 e. The fourth-order valence-corrected chi connectivity index (χ4v) is 2.62. The Balaban J connectivity index is 2.09. The van der Waals surface area contributed by atoms with Gasteiger partial charge in [-0.05, 0) is 47.5 Å². The van der Waals surface area contributed by atoms with E-state index in [9.17, 15) is 4.79 Å². The second-order valence-corrected chi connectivity index (χ2v) is 6.68. The highest BCUT2D eigenvalue weighted by molar-refractivity contribution is 6.04. The third-order valence-corrected chi connectivity index (χ3v) is 4.14. The molecule has 0 saturated carbocycles. The van der Waals surface area contributed by atoms with Crippen LogP contribution in [0.4, 0.5) is 0 Å². The molecule has 184 valence electrons. The molecule has 2 aromatic rings. The summed E-state index contributed by atoms with van der Waals surface area (Å²) in [6, 6.07) is 10.6. The summed E-state index contributed by atoms with van der Waals surface area (Å²) in [5.41, 5.74) is 1.51. The van der Waals surface area contributed by atoms with Gasteiger partial charge in [0, 0.05) is 28.4 Å². The molecular formula is C25H30O9. The molecule has 0 spiro atoms. The van der Waals surface area contributed by atoms with E-state index < -0.39 is 0 Å². The molecule has 0 aliphatic rings. The van der Waals surface area contributed by atoms with Crippen LogP contribution < -0.4 is 18.9 Å². The molecule has 0 radical (unpaired) electrons. The number of carbonyl (C=O) groups excluding carboxylic acids is 1. The van der Waals surface area contributed by atoms with Gasteiger partial charge in [-0.3, -0.25) is 4.79 Å². The molecule has 0 aliphatic carbocycles. The predicted molar refractivity (Wildman–Crippen MR) is 126 cm³/mol. The molecule has 2 rings (SSSR count). The quantitative estimate of drug-likeness (QED) is 0.265. The molecule has 0 fully saturated rings. The van der Waals surface area contributed by atoms with Gasteiger partial charge >= 0.3 is 0 Å². The third-order valence-electron chi connectivity index (χ3n) is 4.14. The van der Waals surface area contributed by atoms with Crippen molar-refractivity contribution in [1.29, 1.82) is 0 Å². The summed E-state index contributed by atoms with van der Waals surface area (Å²) in [6.45, 7) is 0.284. The van der Waals surface area contributed by atoms with E-state index in [0.717, 1.165) is 11.1 Å². The zero-order chi connectivity index (χ0) is 24.6. The maximum atomic E-state index is 12.4. The molecule has 0 N–H and O–H groups in total. The van der Waals surface area contributed by atoms with Crippen molar-refractivity contribution in [3.63, 3.8) is 0 Å². The van der Waals surface area contributed by atoms with Crippen molar-refractivity contribution in [3.8, 4) is 23.0 Å². The second-order valence-electron chi connectivity index (χ2n) is 6.68. The van der Waals surface area contributed by atoms with E-state index in [-0.39, 0.29) is 33.0 Å². The fourth-order valence-electron chi connectivity index (χ4n) is 2.62. The normalized spacial score (nSPS) is 11.2. The van der Waals surface area contributed by atoms with Gasteiger partial charge in [0.25, 0.3) is 0 Å². The van der Waals surface area contributed by atoms with Crippen molar-refractivity contribution in [2.24, 2.45) is 0 Å². The first-order valence-corrected chi connectivity index (χ1v) is 10.3. The van der Waals surface area contributed by atoms with Crippen LogP contribution in [0, 0.1) is 0 Å². The minimum absolute atomic E-state index is 0.0591. The van der Waals surface area contributed by atoms with E-state index in [1.807, 2.05) is 0 Å². The van der Waals surface area contributed by atoms with Crippen LogP contribution in [0.1, 0.15) is 11.1 Å². The summed E-state index contributed by atoms with van der Waals surface area (Å²) in [7, 11) is 6.11. The lowest BCUT2D eigenvalue weighted by molar-refractivity contribution is -0.110. The van der Waals surface area contributed by atoms with Gasteiger partial charge in [-0.15, -0.1) is 0 Å². The smallest absolute Gasteiger partial charge is 0.188 e. The van der Waals surface area contributed by atoms with Gasteiger partial charge < -0.3 is 37.9 Å². The van der Waals surface area contributed by atoms with E-state index in [0.29, 0.717) is 23.0 Å².